The lowest BCUT2D eigenvalue weighted by atomic mass is 9.95. The van der Waals surface area contributed by atoms with Crippen LogP contribution in [0.3, 0.4) is 0 Å². The van der Waals surface area contributed by atoms with Crippen LogP contribution in [0.2, 0.25) is 0 Å². The van der Waals surface area contributed by atoms with Crippen molar-refractivity contribution < 1.29 is 60.5 Å². The number of aromatic nitrogens is 2. The number of rotatable bonds is 10. The Bertz CT molecular complexity index is 1730. The molecule has 280 valence electrons. The Kier molecular flexibility index (Phi) is 15.0. The molecule has 0 radical (unpaired) electrons. The molecule has 1 aliphatic rings. The van der Waals surface area contributed by atoms with Crippen molar-refractivity contribution in [3.8, 4) is 0 Å². The largest absolute Gasteiger partial charge is 0.490 e. The highest BCUT2D eigenvalue weighted by atomic mass is 19.4. The number of carbonyl (C=O) groups excluding carboxylic acids is 2. The summed E-state index contributed by atoms with van der Waals surface area (Å²) in [5.41, 5.74) is 5.20. The number of halogens is 6. The van der Waals surface area contributed by atoms with Crippen molar-refractivity contribution in [3.05, 3.63) is 101 Å². The van der Waals surface area contributed by atoms with Gasteiger partial charge in [0, 0.05) is 13.1 Å². The molecule has 4 aromatic rings. The van der Waals surface area contributed by atoms with Crippen LogP contribution in [0.5, 0.6) is 0 Å². The van der Waals surface area contributed by atoms with Crippen molar-refractivity contribution in [1.82, 2.24) is 25.9 Å². The molecule has 1 aromatic heterocycles. The van der Waals surface area contributed by atoms with E-state index in [1.807, 2.05) is 66.7 Å². The molecule has 0 saturated heterocycles. The number of para-hydroxylation sites is 2. The molecule has 18 heteroatoms. The van der Waals surface area contributed by atoms with Gasteiger partial charge in [-0.05, 0) is 54.5 Å². The summed E-state index contributed by atoms with van der Waals surface area (Å²) in [5, 5.41) is 23.7. The molecular formula is C34H35F6N5O7. The number of carbonyl (C=O) groups is 4. The third-order valence-corrected chi connectivity index (χ3v) is 7.34. The first-order valence-corrected chi connectivity index (χ1v) is 15.6. The van der Waals surface area contributed by atoms with Gasteiger partial charge in [-0.15, -0.1) is 0 Å². The molecule has 2 heterocycles. The van der Waals surface area contributed by atoms with Crippen molar-refractivity contribution >= 4 is 35.0 Å². The number of imidazole rings is 1. The molecule has 1 aliphatic heterocycles. The molecule has 52 heavy (non-hydrogen) atoms. The molecule has 6 N–H and O–H groups in total. The number of alkyl halides is 6. The van der Waals surface area contributed by atoms with Crippen molar-refractivity contribution in [2.75, 3.05) is 6.54 Å². The van der Waals surface area contributed by atoms with Crippen LogP contribution in [0, 0.1) is 0 Å². The van der Waals surface area contributed by atoms with Crippen LogP contribution in [-0.2, 0) is 38.7 Å². The number of aliphatic carboxylic acids is 2. The quantitative estimate of drug-likeness (QED) is 0.0865. The first-order valence-electron chi connectivity index (χ1n) is 15.6. The topological polar surface area (TPSA) is 183 Å². The minimum absolute atomic E-state index is 0.0347. The molecule has 0 bridgehead atoms. The summed E-state index contributed by atoms with van der Waals surface area (Å²) < 4.78 is 68.7. The van der Waals surface area contributed by atoms with Crippen molar-refractivity contribution in [3.63, 3.8) is 0 Å². The lowest BCUT2D eigenvalue weighted by Gasteiger charge is -2.27. The predicted octanol–water partition coefficient (Wildman–Crippen LogP) is 5.80. The molecule has 2 amide bonds. The molecular weight excluding hydrogens is 704 g/mol. The summed E-state index contributed by atoms with van der Waals surface area (Å²) in [5.74, 6) is -4.81. The minimum Gasteiger partial charge on any atom is -0.475 e. The first-order chi connectivity index (χ1) is 24.5. The van der Waals surface area contributed by atoms with E-state index in [4.69, 9.17) is 29.5 Å². The molecule has 5 rings (SSSR count). The molecule has 0 fully saturated rings. The second-order valence-corrected chi connectivity index (χ2v) is 11.2. The van der Waals surface area contributed by atoms with Gasteiger partial charge in [-0.25, -0.2) is 19.4 Å². The number of nitrogens with zero attached hydrogens (tertiary/aromatic N) is 1. The number of hydrogen-bond donors (Lipinski definition) is 6. The van der Waals surface area contributed by atoms with E-state index in [2.05, 4.69) is 33.1 Å². The van der Waals surface area contributed by atoms with E-state index in [1.165, 1.54) is 11.1 Å². The van der Waals surface area contributed by atoms with Gasteiger partial charge in [-0.2, -0.15) is 26.3 Å². The van der Waals surface area contributed by atoms with Gasteiger partial charge in [0.15, 0.2) is 0 Å². The zero-order chi connectivity index (χ0) is 38.3. The number of nitrogens with one attached hydrogen (secondary N) is 4. The van der Waals surface area contributed by atoms with Crippen LogP contribution in [0.1, 0.15) is 47.8 Å². The number of aromatic amines is 1. The zero-order valence-electron chi connectivity index (χ0n) is 27.3. The molecule has 0 aliphatic carbocycles. The monoisotopic (exact) mass is 739 g/mol. The molecule has 12 nitrogen and oxygen atoms in total. The Balaban J connectivity index is 0.000000441. The fourth-order valence-electron chi connectivity index (χ4n) is 4.76. The molecule has 0 saturated carbocycles. The van der Waals surface area contributed by atoms with Gasteiger partial charge in [0.05, 0.1) is 23.1 Å². The van der Waals surface area contributed by atoms with Crippen LogP contribution in [0.25, 0.3) is 11.0 Å². The molecule has 3 aromatic carbocycles. The summed E-state index contributed by atoms with van der Waals surface area (Å²) in [6.45, 7) is 1.41. The number of ether oxygens (including phenoxy) is 1. The fraction of sp³-hybridized carbons (Fsp3) is 0.324. The van der Waals surface area contributed by atoms with E-state index in [0.717, 1.165) is 35.3 Å². The minimum atomic E-state index is -5.08. The summed E-state index contributed by atoms with van der Waals surface area (Å²) in [6, 6.07) is 25.1. The Morgan fingerprint density at radius 2 is 1.40 bits per heavy atom. The zero-order valence-corrected chi connectivity index (χ0v) is 27.3. The highest BCUT2D eigenvalue weighted by Crippen LogP contribution is 2.22. The standard InChI is InChI=1S/C30H33N5O3.2C2HF3O2/c36-29(27-18-22-12-4-5-13-23(22)19-32-27)35-26(28-33-24-14-6-7-15-25(24)34-28)16-8-9-17-31-30(37)38-20-21-10-2-1-3-11-21;2*3-2(4,5)1(6)7/h1-7,10-15,26-27,32H,8-9,16-20H2,(H,31,37)(H,33,34)(H,35,36);2*(H,6,7)/t26-,27?;;/m0../s1. The third kappa shape index (κ3) is 13.6. The maximum Gasteiger partial charge on any atom is 0.490 e. The van der Waals surface area contributed by atoms with Crippen molar-refractivity contribution in [2.45, 2.75) is 63.3 Å². The molecule has 0 spiro atoms. The normalized spacial score (nSPS) is 14.3. The van der Waals surface area contributed by atoms with E-state index in [9.17, 15) is 35.9 Å². The maximum atomic E-state index is 13.3. The Labute approximate surface area is 292 Å². The van der Waals surface area contributed by atoms with Crippen LogP contribution in [-0.4, -0.2) is 69.1 Å². The number of H-pyrrole nitrogens is 1. The van der Waals surface area contributed by atoms with Gasteiger partial charge in [0.2, 0.25) is 5.91 Å². The van der Waals surface area contributed by atoms with E-state index in [1.54, 1.807) is 0 Å². The van der Waals surface area contributed by atoms with Crippen molar-refractivity contribution in [2.24, 2.45) is 0 Å². The average Bonchev–Trinajstić information content (AvgIpc) is 3.54. The number of carboxylic acids is 2. The van der Waals surface area contributed by atoms with Crippen LogP contribution in [0.15, 0.2) is 78.9 Å². The van der Waals surface area contributed by atoms with E-state index < -0.39 is 30.4 Å². The number of benzene rings is 3. The number of hydrogen-bond acceptors (Lipinski definition) is 7. The van der Waals surface area contributed by atoms with Gasteiger partial charge in [-0.1, -0.05) is 66.7 Å². The Hall–Kier alpha value is -5.65. The highest BCUT2D eigenvalue weighted by Gasteiger charge is 2.39. The lowest BCUT2D eigenvalue weighted by molar-refractivity contribution is -0.193. The van der Waals surface area contributed by atoms with Gasteiger partial charge in [0.1, 0.15) is 12.4 Å². The smallest absolute Gasteiger partial charge is 0.475 e. The number of amides is 2. The third-order valence-electron chi connectivity index (χ3n) is 7.34. The predicted molar refractivity (Wildman–Crippen MR) is 174 cm³/mol. The summed E-state index contributed by atoms with van der Waals surface area (Å²) in [4.78, 5) is 51.2. The fourth-order valence-corrected chi connectivity index (χ4v) is 4.76. The Morgan fingerprint density at radius 3 is 2.02 bits per heavy atom. The first kappa shape index (κ1) is 40.8. The number of carboxylic acid groups (broad SMARTS) is 2. The van der Waals surface area contributed by atoms with Gasteiger partial charge in [-0.3, -0.25) is 4.79 Å². The Morgan fingerprint density at radius 1 is 0.827 bits per heavy atom. The average molecular weight is 740 g/mol. The number of fused-ring (bicyclic) bond motifs is 2. The maximum absolute atomic E-state index is 13.3. The van der Waals surface area contributed by atoms with E-state index in [-0.39, 0.29) is 24.6 Å². The second-order valence-electron chi connectivity index (χ2n) is 11.2. The van der Waals surface area contributed by atoms with Crippen molar-refractivity contribution in [1.29, 1.82) is 0 Å². The summed E-state index contributed by atoms with van der Waals surface area (Å²) in [7, 11) is 0. The highest BCUT2D eigenvalue weighted by molar-refractivity contribution is 5.83. The summed E-state index contributed by atoms with van der Waals surface area (Å²) >= 11 is 0. The SMILES string of the molecule is O=C(NCCCC[C@H](NC(=O)C1Cc2ccccc2CN1)c1nc2ccccc2[nH]1)OCc1ccccc1.O=C(O)C(F)(F)F.O=C(O)C(F)(F)F. The van der Waals surface area contributed by atoms with Crippen LogP contribution < -0.4 is 16.0 Å². The van der Waals surface area contributed by atoms with Gasteiger partial charge in [0.25, 0.3) is 0 Å². The number of unbranched alkanes of at least 4 members (excludes halogenated alkanes) is 1. The second kappa shape index (κ2) is 19.1. The van der Waals surface area contributed by atoms with E-state index in [0.29, 0.717) is 25.9 Å². The van der Waals surface area contributed by atoms with Gasteiger partial charge < -0.3 is 35.9 Å². The van der Waals surface area contributed by atoms with Gasteiger partial charge >= 0.3 is 30.4 Å². The van der Waals surface area contributed by atoms with Crippen LogP contribution >= 0.6 is 0 Å². The number of alkyl carbamates (subject to hydrolysis) is 1. The summed E-state index contributed by atoms with van der Waals surface area (Å²) in [6.07, 6.45) is -7.71. The molecule has 2 atom stereocenters. The lowest BCUT2D eigenvalue weighted by Crippen LogP contribution is -2.48. The van der Waals surface area contributed by atoms with Crippen LogP contribution in [0.4, 0.5) is 31.1 Å². The van der Waals surface area contributed by atoms with E-state index >= 15 is 0 Å². The molecule has 1 unspecified atom stereocenters.